The van der Waals surface area contributed by atoms with Crippen LogP contribution in [0.3, 0.4) is 0 Å². The number of halogens is 1. The van der Waals surface area contributed by atoms with E-state index in [-0.39, 0.29) is 5.82 Å². The number of rotatable bonds is 3. The van der Waals surface area contributed by atoms with Crippen molar-refractivity contribution >= 4 is 0 Å². The zero-order chi connectivity index (χ0) is 8.97. The molecule has 1 nitrogen and oxygen atoms in total. The molecule has 1 aromatic rings. The Labute approximate surface area is 72.2 Å². The van der Waals surface area contributed by atoms with Crippen LogP contribution in [0.1, 0.15) is 18.9 Å². The van der Waals surface area contributed by atoms with Crippen molar-refractivity contribution in [1.82, 2.24) is 0 Å². The smallest absolute Gasteiger partial charge is 0.126 e. The molecule has 66 valence electrons. The van der Waals surface area contributed by atoms with E-state index >= 15 is 0 Å². The van der Waals surface area contributed by atoms with Crippen molar-refractivity contribution in [1.29, 1.82) is 0 Å². The Balaban J connectivity index is 2.91. The van der Waals surface area contributed by atoms with Crippen LogP contribution in [-0.2, 0) is 6.42 Å². The summed E-state index contributed by atoms with van der Waals surface area (Å²) in [5.74, 6) is 0.581. The molecule has 0 unspecified atom stereocenters. The summed E-state index contributed by atoms with van der Waals surface area (Å²) in [6, 6.07) is 4.83. The van der Waals surface area contributed by atoms with Crippen molar-refractivity contribution < 1.29 is 9.13 Å². The van der Waals surface area contributed by atoms with Crippen molar-refractivity contribution in [2.75, 3.05) is 7.11 Å². The molecule has 1 rings (SSSR count). The lowest BCUT2D eigenvalue weighted by molar-refractivity contribution is 0.412. The van der Waals surface area contributed by atoms with Gasteiger partial charge in [0.1, 0.15) is 11.6 Å². The Morgan fingerprint density at radius 3 is 2.75 bits per heavy atom. The lowest BCUT2D eigenvalue weighted by Crippen LogP contribution is -1.91. The zero-order valence-electron chi connectivity index (χ0n) is 7.43. The number of hydrogen-bond acceptors (Lipinski definition) is 1. The molecule has 0 atom stereocenters. The SMILES string of the molecule is CCCc1cc(OC)ccc1F. The fourth-order valence-electron chi connectivity index (χ4n) is 1.14. The standard InChI is InChI=1S/C10H13FO/c1-3-4-8-7-9(12-2)5-6-10(8)11/h5-7H,3-4H2,1-2H3. The molecule has 0 amide bonds. The molecule has 0 bridgehead atoms. The third-order valence-electron chi connectivity index (χ3n) is 1.77. The quantitative estimate of drug-likeness (QED) is 0.674. The summed E-state index contributed by atoms with van der Waals surface area (Å²) >= 11 is 0. The maximum absolute atomic E-state index is 13.0. The van der Waals surface area contributed by atoms with Gasteiger partial charge in [0.25, 0.3) is 0 Å². The highest BCUT2D eigenvalue weighted by atomic mass is 19.1. The van der Waals surface area contributed by atoms with E-state index in [1.165, 1.54) is 6.07 Å². The number of methoxy groups -OCH3 is 1. The average Bonchev–Trinajstić information content (AvgIpc) is 2.09. The van der Waals surface area contributed by atoms with Gasteiger partial charge in [-0.15, -0.1) is 0 Å². The van der Waals surface area contributed by atoms with Gasteiger partial charge < -0.3 is 4.74 Å². The van der Waals surface area contributed by atoms with Crippen molar-refractivity contribution in [3.63, 3.8) is 0 Å². The first-order valence-corrected chi connectivity index (χ1v) is 4.10. The van der Waals surface area contributed by atoms with E-state index in [0.29, 0.717) is 0 Å². The van der Waals surface area contributed by atoms with Crippen molar-refractivity contribution in [3.8, 4) is 5.75 Å². The van der Waals surface area contributed by atoms with Crippen LogP contribution < -0.4 is 4.74 Å². The Morgan fingerprint density at radius 2 is 2.17 bits per heavy atom. The Morgan fingerprint density at radius 1 is 1.42 bits per heavy atom. The molecule has 0 saturated carbocycles. The Kier molecular flexibility index (Phi) is 3.09. The summed E-state index contributed by atoms with van der Waals surface area (Å²) < 4.78 is 18.0. The first kappa shape index (κ1) is 9.04. The molecule has 0 aliphatic carbocycles. The van der Waals surface area contributed by atoms with Crippen LogP contribution >= 0.6 is 0 Å². The highest BCUT2D eigenvalue weighted by molar-refractivity contribution is 5.29. The summed E-state index contributed by atoms with van der Waals surface area (Å²) in [6.07, 6.45) is 1.72. The minimum absolute atomic E-state index is 0.141. The van der Waals surface area contributed by atoms with Crippen molar-refractivity contribution in [2.45, 2.75) is 19.8 Å². The van der Waals surface area contributed by atoms with Crippen LogP contribution in [0, 0.1) is 5.82 Å². The molecule has 0 aliphatic heterocycles. The van der Waals surface area contributed by atoms with Gasteiger partial charge in [0, 0.05) is 0 Å². The lowest BCUT2D eigenvalue weighted by Gasteiger charge is -2.04. The highest BCUT2D eigenvalue weighted by Gasteiger charge is 2.01. The maximum atomic E-state index is 13.0. The summed E-state index contributed by atoms with van der Waals surface area (Å²) in [5, 5.41) is 0. The van der Waals surface area contributed by atoms with E-state index in [2.05, 4.69) is 0 Å². The predicted octanol–water partition coefficient (Wildman–Crippen LogP) is 2.79. The van der Waals surface area contributed by atoms with E-state index in [9.17, 15) is 4.39 Å². The molecule has 0 aromatic heterocycles. The predicted molar refractivity (Wildman–Crippen MR) is 46.9 cm³/mol. The number of benzene rings is 1. The largest absolute Gasteiger partial charge is 0.497 e. The Bertz CT molecular complexity index is 258. The molecule has 0 N–H and O–H groups in total. The van der Waals surface area contributed by atoms with Crippen molar-refractivity contribution in [3.05, 3.63) is 29.6 Å². The molecule has 0 spiro atoms. The molecule has 1 aromatic carbocycles. The molecular formula is C10H13FO. The summed E-state index contributed by atoms with van der Waals surface area (Å²) in [6.45, 7) is 2.03. The van der Waals surface area contributed by atoms with Crippen LogP contribution in [0.5, 0.6) is 5.75 Å². The molecule has 12 heavy (non-hydrogen) atoms. The number of aryl methyl sites for hydroxylation is 1. The van der Waals surface area contributed by atoms with Gasteiger partial charge in [0.15, 0.2) is 0 Å². The van der Waals surface area contributed by atoms with Crippen LogP contribution in [0.25, 0.3) is 0 Å². The summed E-state index contributed by atoms with van der Waals surface area (Å²) in [4.78, 5) is 0. The van der Waals surface area contributed by atoms with Gasteiger partial charge >= 0.3 is 0 Å². The van der Waals surface area contributed by atoms with Gasteiger partial charge in [0.05, 0.1) is 7.11 Å². The van der Waals surface area contributed by atoms with Gasteiger partial charge in [-0.3, -0.25) is 0 Å². The van der Waals surface area contributed by atoms with Gasteiger partial charge in [-0.1, -0.05) is 13.3 Å². The van der Waals surface area contributed by atoms with E-state index in [0.717, 1.165) is 24.2 Å². The zero-order valence-corrected chi connectivity index (χ0v) is 7.43. The second kappa shape index (κ2) is 4.10. The highest BCUT2D eigenvalue weighted by Crippen LogP contribution is 2.17. The molecule has 0 aliphatic rings. The van der Waals surface area contributed by atoms with Gasteiger partial charge in [0.2, 0.25) is 0 Å². The molecule has 0 radical (unpaired) electrons. The lowest BCUT2D eigenvalue weighted by atomic mass is 10.1. The van der Waals surface area contributed by atoms with Crippen LogP contribution in [0.15, 0.2) is 18.2 Å². The third kappa shape index (κ3) is 1.97. The topological polar surface area (TPSA) is 9.23 Å². The molecular weight excluding hydrogens is 155 g/mol. The first-order chi connectivity index (χ1) is 5.77. The fraction of sp³-hybridized carbons (Fsp3) is 0.400. The van der Waals surface area contributed by atoms with E-state index in [1.54, 1.807) is 19.2 Å². The van der Waals surface area contributed by atoms with Gasteiger partial charge in [-0.25, -0.2) is 4.39 Å². The normalized spacial score (nSPS) is 9.92. The van der Waals surface area contributed by atoms with E-state index in [4.69, 9.17) is 4.74 Å². The minimum atomic E-state index is -0.141. The second-order valence-corrected chi connectivity index (χ2v) is 2.71. The fourth-order valence-corrected chi connectivity index (χ4v) is 1.14. The van der Waals surface area contributed by atoms with Gasteiger partial charge in [-0.05, 0) is 30.2 Å². The van der Waals surface area contributed by atoms with E-state index in [1.807, 2.05) is 6.92 Å². The Hall–Kier alpha value is -1.05. The van der Waals surface area contributed by atoms with Crippen LogP contribution in [0.2, 0.25) is 0 Å². The minimum Gasteiger partial charge on any atom is -0.497 e. The summed E-state index contributed by atoms with van der Waals surface area (Å²) in [7, 11) is 1.59. The molecule has 0 saturated heterocycles. The van der Waals surface area contributed by atoms with Crippen LogP contribution in [0.4, 0.5) is 4.39 Å². The summed E-state index contributed by atoms with van der Waals surface area (Å²) in [5.41, 5.74) is 0.733. The van der Waals surface area contributed by atoms with E-state index < -0.39 is 0 Å². The second-order valence-electron chi connectivity index (χ2n) is 2.71. The maximum Gasteiger partial charge on any atom is 0.126 e. The van der Waals surface area contributed by atoms with Crippen molar-refractivity contribution in [2.24, 2.45) is 0 Å². The third-order valence-corrected chi connectivity index (χ3v) is 1.77. The van der Waals surface area contributed by atoms with Gasteiger partial charge in [-0.2, -0.15) is 0 Å². The molecule has 2 heteroatoms. The average molecular weight is 168 g/mol. The van der Waals surface area contributed by atoms with Crippen LogP contribution in [-0.4, -0.2) is 7.11 Å². The molecule has 0 heterocycles. The molecule has 0 fully saturated rings. The first-order valence-electron chi connectivity index (χ1n) is 4.10. The number of hydrogen-bond donors (Lipinski definition) is 0. The monoisotopic (exact) mass is 168 g/mol. The number of ether oxygens (including phenoxy) is 1.